The first-order chi connectivity index (χ1) is 10.1. The lowest BCUT2D eigenvalue weighted by Gasteiger charge is -2.18. The first-order valence-corrected chi connectivity index (χ1v) is 7.49. The molecule has 0 aromatic heterocycles. The number of benzene rings is 1. The first-order valence-electron chi connectivity index (χ1n) is 7.49. The van der Waals surface area contributed by atoms with Crippen LogP contribution in [-0.4, -0.2) is 42.6 Å². The Labute approximate surface area is 126 Å². The van der Waals surface area contributed by atoms with Gasteiger partial charge in [0.1, 0.15) is 5.75 Å². The second-order valence-corrected chi connectivity index (χ2v) is 4.71. The van der Waals surface area contributed by atoms with Crippen molar-refractivity contribution in [2.45, 2.75) is 27.2 Å². The Morgan fingerprint density at radius 1 is 1.24 bits per heavy atom. The van der Waals surface area contributed by atoms with Crippen LogP contribution in [0.1, 0.15) is 27.2 Å². The summed E-state index contributed by atoms with van der Waals surface area (Å²) in [5, 5.41) is 14.2. The number of rotatable bonds is 10. The lowest BCUT2D eigenvalue weighted by molar-refractivity contribution is -0.384. The van der Waals surface area contributed by atoms with Gasteiger partial charge in [0.15, 0.2) is 0 Å². The van der Waals surface area contributed by atoms with E-state index < -0.39 is 4.92 Å². The Bertz CT molecular complexity index is 448. The maximum atomic E-state index is 10.9. The maximum Gasteiger partial charge on any atom is 0.275 e. The van der Waals surface area contributed by atoms with Crippen molar-refractivity contribution < 1.29 is 9.66 Å². The highest BCUT2D eigenvalue weighted by atomic mass is 16.6. The zero-order valence-corrected chi connectivity index (χ0v) is 13.1. The number of nitro benzene ring substituents is 1. The third kappa shape index (κ3) is 5.99. The van der Waals surface area contributed by atoms with Gasteiger partial charge in [-0.2, -0.15) is 0 Å². The Morgan fingerprint density at radius 3 is 2.52 bits per heavy atom. The molecule has 6 nitrogen and oxygen atoms in total. The molecule has 0 radical (unpaired) electrons. The fourth-order valence-electron chi connectivity index (χ4n) is 2.12. The van der Waals surface area contributed by atoms with Crippen molar-refractivity contribution in [1.82, 2.24) is 4.90 Å². The summed E-state index contributed by atoms with van der Waals surface area (Å²) in [4.78, 5) is 12.9. The van der Waals surface area contributed by atoms with Crippen molar-refractivity contribution in [3.05, 3.63) is 28.3 Å². The number of anilines is 1. The molecule has 0 bridgehead atoms. The average molecular weight is 295 g/mol. The van der Waals surface area contributed by atoms with E-state index in [1.807, 2.05) is 6.92 Å². The third-order valence-corrected chi connectivity index (χ3v) is 3.29. The van der Waals surface area contributed by atoms with Crippen LogP contribution < -0.4 is 10.1 Å². The SMILES string of the molecule is CCOc1cc(NCCCN(CC)CC)cc([N+](=O)[O-])c1. The topological polar surface area (TPSA) is 67.6 Å². The van der Waals surface area contributed by atoms with Gasteiger partial charge in [-0.3, -0.25) is 10.1 Å². The van der Waals surface area contributed by atoms with E-state index in [9.17, 15) is 10.1 Å². The van der Waals surface area contributed by atoms with Gasteiger partial charge in [-0.25, -0.2) is 0 Å². The van der Waals surface area contributed by atoms with Crippen LogP contribution >= 0.6 is 0 Å². The Kier molecular flexibility index (Phi) is 7.53. The summed E-state index contributed by atoms with van der Waals surface area (Å²) in [5.41, 5.74) is 0.777. The number of non-ortho nitro benzene ring substituents is 1. The molecule has 1 aromatic carbocycles. The molecule has 0 spiro atoms. The van der Waals surface area contributed by atoms with E-state index in [-0.39, 0.29) is 5.69 Å². The molecule has 118 valence electrons. The predicted octanol–water partition coefficient (Wildman–Crippen LogP) is 3.14. The quantitative estimate of drug-likeness (QED) is 0.408. The molecule has 0 fully saturated rings. The zero-order chi connectivity index (χ0) is 15.7. The smallest absolute Gasteiger partial charge is 0.275 e. The van der Waals surface area contributed by atoms with Crippen LogP contribution in [0.4, 0.5) is 11.4 Å². The maximum absolute atomic E-state index is 10.9. The lowest BCUT2D eigenvalue weighted by atomic mass is 10.2. The largest absolute Gasteiger partial charge is 0.494 e. The summed E-state index contributed by atoms with van der Waals surface area (Å²) >= 11 is 0. The summed E-state index contributed by atoms with van der Waals surface area (Å²) in [7, 11) is 0. The van der Waals surface area contributed by atoms with Crippen molar-refractivity contribution in [2.24, 2.45) is 0 Å². The Hall–Kier alpha value is -1.82. The average Bonchev–Trinajstić information content (AvgIpc) is 2.47. The van der Waals surface area contributed by atoms with Crippen LogP contribution in [0, 0.1) is 10.1 Å². The third-order valence-electron chi connectivity index (χ3n) is 3.29. The lowest BCUT2D eigenvalue weighted by Crippen LogP contribution is -2.25. The van der Waals surface area contributed by atoms with Gasteiger partial charge < -0.3 is 15.0 Å². The van der Waals surface area contributed by atoms with E-state index in [2.05, 4.69) is 24.1 Å². The van der Waals surface area contributed by atoms with E-state index in [1.54, 1.807) is 12.1 Å². The highest BCUT2D eigenvalue weighted by molar-refractivity contribution is 5.56. The molecule has 0 heterocycles. The first kappa shape index (κ1) is 17.2. The highest BCUT2D eigenvalue weighted by Crippen LogP contribution is 2.26. The summed E-state index contributed by atoms with van der Waals surface area (Å²) in [6.07, 6.45) is 0.994. The van der Waals surface area contributed by atoms with Crippen molar-refractivity contribution in [3.63, 3.8) is 0 Å². The van der Waals surface area contributed by atoms with Crippen molar-refractivity contribution in [2.75, 3.05) is 38.1 Å². The molecule has 0 saturated carbocycles. The molecular formula is C15H25N3O3. The van der Waals surface area contributed by atoms with Crippen LogP contribution in [0.3, 0.4) is 0 Å². The predicted molar refractivity (Wildman–Crippen MR) is 85.2 cm³/mol. The molecule has 1 N–H and O–H groups in total. The van der Waals surface area contributed by atoms with Gasteiger partial charge in [0.2, 0.25) is 0 Å². The van der Waals surface area contributed by atoms with E-state index in [4.69, 9.17) is 4.74 Å². The van der Waals surface area contributed by atoms with Crippen molar-refractivity contribution in [1.29, 1.82) is 0 Å². The normalized spacial score (nSPS) is 10.7. The zero-order valence-electron chi connectivity index (χ0n) is 13.1. The van der Waals surface area contributed by atoms with E-state index in [0.29, 0.717) is 12.4 Å². The standard InChI is InChI=1S/C15H25N3O3/c1-4-17(5-2)9-7-8-16-13-10-14(18(19)20)12-15(11-13)21-6-3/h10-12,16H,4-9H2,1-3H3. The molecule has 21 heavy (non-hydrogen) atoms. The van der Waals surface area contributed by atoms with Crippen LogP contribution in [0.25, 0.3) is 0 Å². The summed E-state index contributed by atoms with van der Waals surface area (Å²) in [6.45, 7) is 10.5. The van der Waals surface area contributed by atoms with Gasteiger partial charge >= 0.3 is 0 Å². The van der Waals surface area contributed by atoms with Gasteiger partial charge in [0, 0.05) is 24.4 Å². The molecule has 1 aromatic rings. The molecular weight excluding hydrogens is 270 g/mol. The molecule has 0 atom stereocenters. The van der Waals surface area contributed by atoms with E-state index in [0.717, 1.165) is 38.3 Å². The fourth-order valence-corrected chi connectivity index (χ4v) is 2.12. The number of ether oxygens (including phenoxy) is 1. The van der Waals surface area contributed by atoms with Crippen LogP contribution in [-0.2, 0) is 0 Å². The monoisotopic (exact) mass is 295 g/mol. The van der Waals surface area contributed by atoms with Gasteiger partial charge in [-0.1, -0.05) is 13.8 Å². The molecule has 0 unspecified atom stereocenters. The minimum atomic E-state index is -0.399. The minimum Gasteiger partial charge on any atom is -0.494 e. The van der Waals surface area contributed by atoms with Crippen molar-refractivity contribution in [3.8, 4) is 5.75 Å². The summed E-state index contributed by atoms with van der Waals surface area (Å²) < 4.78 is 5.36. The molecule has 0 aliphatic rings. The molecule has 6 heteroatoms. The minimum absolute atomic E-state index is 0.0483. The van der Waals surface area contributed by atoms with Gasteiger partial charge in [-0.05, 0) is 33.0 Å². The van der Waals surface area contributed by atoms with Crippen LogP contribution in [0.15, 0.2) is 18.2 Å². The Balaban J connectivity index is 2.59. The molecule has 0 amide bonds. The Morgan fingerprint density at radius 2 is 1.95 bits per heavy atom. The number of nitro groups is 1. The van der Waals surface area contributed by atoms with Crippen molar-refractivity contribution >= 4 is 11.4 Å². The van der Waals surface area contributed by atoms with E-state index >= 15 is 0 Å². The summed E-state index contributed by atoms with van der Waals surface area (Å²) in [6, 6.07) is 4.79. The highest BCUT2D eigenvalue weighted by Gasteiger charge is 2.10. The fraction of sp³-hybridized carbons (Fsp3) is 0.600. The summed E-state index contributed by atoms with van der Waals surface area (Å²) in [5.74, 6) is 0.526. The molecule has 0 aliphatic heterocycles. The number of hydrogen-bond donors (Lipinski definition) is 1. The van der Waals surface area contributed by atoms with Gasteiger partial charge in [-0.15, -0.1) is 0 Å². The number of nitrogens with one attached hydrogen (secondary N) is 1. The molecule has 0 aliphatic carbocycles. The second kappa shape index (κ2) is 9.18. The van der Waals surface area contributed by atoms with Crippen LogP contribution in [0.5, 0.6) is 5.75 Å². The van der Waals surface area contributed by atoms with Gasteiger partial charge in [0.25, 0.3) is 5.69 Å². The molecule has 1 rings (SSSR count). The second-order valence-electron chi connectivity index (χ2n) is 4.71. The van der Waals surface area contributed by atoms with E-state index in [1.165, 1.54) is 6.07 Å². The number of hydrogen-bond acceptors (Lipinski definition) is 5. The molecule has 0 saturated heterocycles. The van der Waals surface area contributed by atoms with Gasteiger partial charge in [0.05, 0.1) is 17.6 Å². The number of nitrogens with zero attached hydrogens (tertiary/aromatic N) is 2. The van der Waals surface area contributed by atoms with Crippen LogP contribution in [0.2, 0.25) is 0 Å².